The van der Waals surface area contributed by atoms with Crippen molar-refractivity contribution in [1.29, 1.82) is 0 Å². The molecule has 4 N–H and O–H groups in total. The summed E-state index contributed by atoms with van der Waals surface area (Å²) in [6.45, 7) is -0.353. The van der Waals surface area contributed by atoms with E-state index in [-0.39, 0.29) is 42.4 Å². The molecule has 1 amide bonds. The van der Waals surface area contributed by atoms with Crippen LogP contribution in [0.25, 0.3) is 6.08 Å². The predicted octanol–water partition coefficient (Wildman–Crippen LogP) is 1.40. The molecule has 13 heteroatoms. The van der Waals surface area contributed by atoms with Crippen LogP contribution in [0.5, 0.6) is 11.5 Å². The Bertz CT molecular complexity index is 1110. The van der Waals surface area contributed by atoms with Gasteiger partial charge in [-0.3, -0.25) is 24.8 Å². The van der Waals surface area contributed by atoms with Crippen LogP contribution < -0.4 is 14.2 Å². The van der Waals surface area contributed by atoms with Gasteiger partial charge in [-0.2, -0.15) is 0 Å². The first-order valence-electron chi connectivity index (χ1n) is 9.79. The topological polar surface area (TPSA) is 172 Å². The van der Waals surface area contributed by atoms with Gasteiger partial charge in [-0.25, -0.2) is 13.1 Å². The average Bonchev–Trinajstić information content (AvgIpc) is 2.80. The second kappa shape index (κ2) is 12.8. The van der Waals surface area contributed by atoms with Crippen molar-refractivity contribution in [3.05, 3.63) is 59.7 Å². The summed E-state index contributed by atoms with van der Waals surface area (Å²) in [5, 5.41) is 25.4. The number of ether oxygens (including phenoxy) is 2. The van der Waals surface area contributed by atoms with Crippen molar-refractivity contribution < 1.29 is 47.8 Å². The van der Waals surface area contributed by atoms with Gasteiger partial charge in [-0.05, 0) is 47.9 Å². The molecule has 0 aliphatic heterocycles. The minimum absolute atomic E-state index is 0.0595. The van der Waals surface area contributed by atoms with Crippen molar-refractivity contribution >= 4 is 28.0 Å². The Labute approximate surface area is 195 Å². The SMILES string of the molecule is COc1cc(/C=C/C(=O)NS(=O)(=O)c2ccc(CO)cc2)ccc1OC(=O)CCCON(O)O. The van der Waals surface area contributed by atoms with E-state index in [1.165, 1.54) is 55.7 Å². The number of hydrogen-bond acceptors (Lipinski definition) is 11. The number of rotatable bonds is 12. The number of sulfonamides is 1. The first kappa shape index (κ1) is 26.9. The number of carbonyl (C=O) groups excluding carboxylic acids is 2. The fourth-order valence-electron chi connectivity index (χ4n) is 2.58. The van der Waals surface area contributed by atoms with Crippen molar-refractivity contribution in [2.24, 2.45) is 0 Å². The molecule has 0 unspecified atom stereocenters. The van der Waals surface area contributed by atoms with E-state index >= 15 is 0 Å². The Morgan fingerprint density at radius 3 is 2.41 bits per heavy atom. The molecular weight excluding hydrogens is 472 g/mol. The van der Waals surface area contributed by atoms with E-state index in [0.29, 0.717) is 11.1 Å². The monoisotopic (exact) mass is 496 g/mol. The van der Waals surface area contributed by atoms with Crippen molar-refractivity contribution in [3.63, 3.8) is 0 Å². The van der Waals surface area contributed by atoms with Crippen molar-refractivity contribution in [1.82, 2.24) is 10.1 Å². The number of hydrogen-bond donors (Lipinski definition) is 4. The van der Waals surface area contributed by atoms with Gasteiger partial charge in [0.1, 0.15) is 0 Å². The van der Waals surface area contributed by atoms with Gasteiger partial charge in [0, 0.05) is 12.5 Å². The van der Waals surface area contributed by atoms with Crippen molar-refractivity contribution in [3.8, 4) is 11.5 Å². The number of amides is 1. The van der Waals surface area contributed by atoms with Gasteiger partial charge in [0.05, 0.1) is 30.6 Å². The average molecular weight is 496 g/mol. The highest BCUT2D eigenvalue weighted by atomic mass is 32.2. The van der Waals surface area contributed by atoms with Gasteiger partial charge < -0.3 is 14.6 Å². The lowest BCUT2D eigenvalue weighted by Crippen LogP contribution is -2.28. The second-order valence-corrected chi connectivity index (χ2v) is 8.36. The van der Waals surface area contributed by atoms with Gasteiger partial charge in [0.15, 0.2) is 11.5 Å². The molecule has 0 aliphatic rings. The molecule has 2 aromatic carbocycles. The normalized spacial score (nSPS) is 11.6. The van der Waals surface area contributed by atoms with Crippen molar-refractivity contribution in [2.45, 2.75) is 24.3 Å². The van der Waals surface area contributed by atoms with Crippen LogP contribution in [0.3, 0.4) is 0 Å². The minimum atomic E-state index is -4.09. The lowest BCUT2D eigenvalue weighted by atomic mass is 10.2. The van der Waals surface area contributed by atoms with Crippen LogP contribution in [-0.4, -0.2) is 54.9 Å². The molecule has 0 spiro atoms. The van der Waals surface area contributed by atoms with Crippen LogP contribution >= 0.6 is 0 Å². The zero-order valence-corrected chi connectivity index (χ0v) is 18.9. The molecular formula is C21H24N2O10S. The lowest BCUT2D eigenvalue weighted by Gasteiger charge is -2.10. The molecule has 2 aromatic rings. The molecule has 0 heterocycles. The zero-order valence-electron chi connectivity index (χ0n) is 18.1. The van der Waals surface area contributed by atoms with Gasteiger partial charge in [0.2, 0.25) is 0 Å². The second-order valence-electron chi connectivity index (χ2n) is 6.68. The molecule has 2 rings (SSSR count). The van der Waals surface area contributed by atoms with E-state index < -0.39 is 27.3 Å². The lowest BCUT2D eigenvalue weighted by molar-refractivity contribution is -0.492. The van der Waals surface area contributed by atoms with Gasteiger partial charge in [-0.1, -0.05) is 18.2 Å². The van der Waals surface area contributed by atoms with Crippen LogP contribution in [-0.2, 0) is 31.1 Å². The molecule has 0 bridgehead atoms. The Kier molecular flexibility index (Phi) is 10.1. The third-order valence-corrected chi connectivity index (χ3v) is 5.58. The van der Waals surface area contributed by atoms with Gasteiger partial charge in [-0.15, -0.1) is 0 Å². The largest absolute Gasteiger partial charge is 0.493 e. The molecule has 0 atom stereocenters. The number of carbonyl (C=O) groups is 2. The maximum absolute atomic E-state index is 12.3. The van der Waals surface area contributed by atoms with Gasteiger partial charge >= 0.3 is 5.97 Å². The standard InChI is InChI=1S/C21H24N2O10S/c1-31-19-13-15(6-10-18(19)33-21(26)3-2-12-32-23(27)28)7-11-20(25)22-34(29,30)17-8-4-16(14-24)5-9-17/h4-11,13,24,27-28H,2-3,12,14H2,1H3,(H,22,25)/b11-7+. The fraction of sp³-hybridized carbons (Fsp3) is 0.238. The Hall–Kier alpha value is -3.33. The highest BCUT2D eigenvalue weighted by molar-refractivity contribution is 7.90. The van der Waals surface area contributed by atoms with E-state index in [9.17, 15) is 18.0 Å². The number of nitrogens with zero attached hydrogens (tertiary/aromatic N) is 1. The third-order valence-electron chi connectivity index (χ3n) is 4.22. The molecule has 0 saturated heterocycles. The van der Waals surface area contributed by atoms with E-state index in [0.717, 1.165) is 6.08 Å². The molecule has 184 valence electrons. The quantitative estimate of drug-likeness (QED) is 0.110. The van der Waals surface area contributed by atoms with E-state index in [4.69, 9.17) is 25.0 Å². The molecule has 0 fully saturated rings. The smallest absolute Gasteiger partial charge is 0.311 e. The Morgan fingerprint density at radius 2 is 1.79 bits per heavy atom. The maximum Gasteiger partial charge on any atom is 0.311 e. The molecule has 34 heavy (non-hydrogen) atoms. The molecule has 0 aliphatic carbocycles. The summed E-state index contributed by atoms with van der Waals surface area (Å²) < 4.78 is 36.9. The van der Waals surface area contributed by atoms with Gasteiger partial charge in [0.25, 0.3) is 15.9 Å². The molecule has 0 radical (unpaired) electrons. The summed E-state index contributed by atoms with van der Waals surface area (Å²) in [4.78, 5) is 28.2. The summed E-state index contributed by atoms with van der Waals surface area (Å²) in [5.74, 6) is -1.17. The summed E-state index contributed by atoms with van der Waals surface area (Å²) in [6.07, 6.45) is 2.48. The third kappa shape index (κ3) is 8.55. The van der Waals surface area contributed by atoms with Crippen LogP contribution in [0.4, 0.5) is 0 Å². The van der Waals surface area contributed by atoms with Crippen LogP contribution in [0.15, 0.2) is 53.4 Å². The van der Waals surface area contributed by atoms with E-state index in [2.05, 4.69) is 4.84 Å². The molecule has 0 aromatic heterocycles. The Balaban J connectivity index is 1.98. The summed E-state index contributed by atoms with van der Waals surface area (Å²) >= 11 is 0. The number of esters is 1. The summed E-state index contributed by atoms with van der Waals surface area (Å²) in [5.41, 5.74) is 0.998. The highest BCUT2D eigenvalue weighted by Gasteiger charge is 2.16. The highest BCUT2D eigenvalue weighted by Crippen LogP contribution is 2.29. The van der Waals surface area contributed by atoms with Crippen molar-refractivity contribution in [2.75, 3.05) is 13.7 Å². The number of aliphatic hydroxyl groups excluding tert-OH is 1. The predicted molar refractivity (Wildman–Crippen MR) is 116 cm³/mol. The first-order valence-corrected chi connectivity index (χ1v) is 11.3. The number of methoxy groups -OCH3 is 1. The minimum Gasteiger partial charge on any atom is -0.493 e. The zero-order chi connectivity index (χ0) is 25.1. The summed E-state index contributed by atoms with van der Waals surface area (Å²) in [6, 6.07) is 9.85. The number of aliphatic hydroxyl groups is 1. The van der Waals surface area contributed by atoms with E-state index in [1.54, 1.807) is 0 Å². The maximum atomic E-state index is 12.3. The van der Waals surface area contributed by atoms with Crippen LogP contribution in [0.2, 0.25) is 0 Å². The summed E-state index contributed by atoms with van der Waals surface area (Å²) in [7, 11) is -2.74. The molecule has 12 nitrogen and oxygen atoms in total. The van der Waals surface area contributed by atoms with Crippen LogP contribution in [0.1, 0.15) is 24.0 Å². The number of nitrogens with one attached hydrogen (secondary N) is 1. The first-order chi connectivity index (χ1) is 16.1. The molecule has 0 saturated carbocycles. The Morgan fingerprint density at radius 1 is 1.09 bits per heavy atom. The fourth-order valence-corrected chi connectivity index (χ4v) is 3.52. The van der Waals surface area contributed by atoms with Crippen LogP contribution in [0, 0.1) is 0 Å². The number of benzene rings is 2. The van der Waals surface area contributed by atoms with E-state index in [1.807, 2.05) is 4.72 Å².